The van der Waals surface area contributed by atoms with Crippen LogP contribution in [0.5, 0.6) is 0 Å². The van der Waals surface area contributed by atoms with Crippen molar-refractivity contribution in [3.8, 4) is 0 Å². The lowest BCUT2D eigenvalue weighted by atomic mass is 10.4. The van der Waals surface area contributed by atoms with Gasteiger partial charge in [-0.05, 0) is 0 Å². The number of carbonyl (C=O) groups is 1. The van der Waals surface area contributed by atoms with Gasteiger partial charge in [-0.25, -0.2) is 0 Å². The Hall–Kier alpha value is -0.730. The number of carboxylic acids is 1. The Morgan fingerprint density at radius 3 is 1.82 bits per heavy atom. The molecule has 0 spiro atoms. The van der Waals surface area contributed by atoms with Crippen molar-refractivity contribution in [2.45, 2.75) is 19.1 Å². The third kappa shape index (κ3) is 15.3. The highest BCUT2D eigenvalue weighted by atomic mass is 16.5. The first-order valence-electron chi connectivity index (χ1n) is 5.44. The van der Waals surface area contributed by atoms with Gasteiger partial charge in [-0.2, -0.15) is 0 Å². The van der Waals surface area contributed by atoms with Gasteiger partial charge in [-0.1, -0.05) is 0 Å². The number of aliphatic carboxylic acids is 1. The number of carboxylic acid groups (broad SMARTS) is 1. The van der Waals surface area contributed by atoms with Gasteiger partial charge in [0.2, 0.25) is 0 Å². The zero-order valence-electron chi connectivity index (χ0n) is 9.71. The van der Waals surface area contributed by atoms with Crippen LogP contribution in [-0.2, 0) is 19.0 Å². The predicted molar refractivity (Wildman–Crippen MR) is 57.6 cm³/mol. The molecule has 0 atom stereocenters. The molecule has 0 aliphatic heterocycles. The van der Waals surface area contributed by atoms with Crippen molar-refractivity contribution >= 4 is 5.97 Å². The Kier molecular flexibility index (Phi) is 11.2. The smallest absolute Gasteiger partial charge is 0.305 e. The molecule has 0 rings (SSSR count). The van der Waals surface area contributed by atoms with E-state index in [1.54, 1.807) is 0 Å². The molecule has 7 heteroatoms. The second kappa shape index (κ2) is 11.7. The van der Waals surface area contributed by atoms with Crippen LogP contribution in [0.4, 0.5) is 0 Å². The summed E-state index contributed by atoms with van der Waals surface area (Å²) in [6.07, 6.45) is -1.16. The molecule has 0 unspecified atom stereocenters. The minimum absolute atomic E-state index is 0.00734. The molecule has 0 aromatic carbocycles. The summed E-state index contributed by atoms with van der Waals surface area (Å²) in [5.74, 6) is -0.884. The second-order valence-electron chi connectivity index (χ2n) is 3.25. The summed E-state index contributed by atoms with van der Waals surface area (Å²) in [5.41, 5.74) is 0. The Morgan fingerprint density at radius 1 is 0.882 bits per heavy atom. The van der Waals surface area contributed by atoms with Gasteiger partial charge >= 0.3 is 5.97 Å². The van der Waals surface area contributed by atoms with Crippen LogP contribution in [0.1, 0.15) is 12.8 Å². The van der Waals surface area contributed by atoms with Crippen molar-refractivity contribution in [3.05, 3.63) is 0 Å². The molecule has 102 valence electrons. The van der Waals surface area contributed by atoms with Crippen molar-refractivity contribution in [1.82, 2.24) is 0 Å². The molecule has 17 heavy (non-hydrogen) atoms. The summed E-state index contributed by atoms with van der Waals surface area (Å²) >= 11 is 0. The second-order valence-corrected chi connectivity index (χ2v) is 3.25. The molecule has 0 bridgehead atoms. The van der Waals surface area contributed by atoms with Crippen molar-refractivity contribution < 1.29 is 34.3 Å². The molecule has 3 N–H and O–H groups in total. The minimum atomic E-state index is -1.33. The maximum Gasteiger partial charge on any atom is 0.305 e. The van der Waals surface area contributed by atoms with Gasteiger partial charge in [0.25, 0.3) is 0 Å². The largest absolute Gasteiger partial charge is 0.481 e. The summed E-state index contributed by atoms with van der Waals surface area (Å²) < 4.78 is 15.2. The number of aliphatic hydroxyl groups excluding tert-OH is 1. The Morgan fingerprint density at radius 2 is 1.35 bits per heavy atom. The number of ether oxygens (including phenoxy) is 3. The molecule has 0 saturated carbocycles. The number of hydrogen-bond acceptors (Lipinski definition) is 6. The molecule has 0 aromatic rings. The van der Waals surface area contributed by atoms with Crippen molar-refractivity contribution in [2.24, 2.45) is 0 Å². The topological polar surface area (TPSA) is 105 Å². The van der Waals surface area contributed by atoms with Crippen LogP contribution < -0.4 is 0 Å². The first-order chi connectivity index (χ1) is 8.13. The van der Waals surface area contributed by atoms with Crippen LogP contribution >= 0.6 is 0 Å². The molecule has 0 amide bonds. The van der Waals surface area contributed by atoms with Crippen molar-refractivity contribution in [1.29, 1.82) is 0 Å². The van der Waals surface area contributed by atoms with Gasteiger partial charge in [-0.3, -0.25) is 4.79 Å². The minimum Gasteiger partial charge on any atom is -0.481 e. The van der Waals surface area contributed by atoms with E-state index in [1.165, 1.54) is 0 Å². The molecular formula is C10H20O7. The van der Waals surface area contributed by atoms with Crippen LogP contribution in [0.15, 0.2) is 0 Å². The zero-order chi connectivity index (χ0) is 12.9. The van der Waals surface area contributed by atoms with E-state index in [1.807, 2.05) is 0 Å². The molecule has 0 heterocycles. The quantitative estimate of drug-likeness (QED) is 0.309. The molecule has 0 radical (unpaired) electrons. The standard InChI is InChI=1S/C10H20O7/c11-9(12)1-3-15-5-7-17-8-6-16-4-2-10(13)14/h9,11-12H,1-8H2,(H,13,14). The lowest BCUT2D eigenvalue weighted by Crippen LogP contribution is -2.13. The maximum atomic E-state index is 10.1. The highest BCUT2D eigenvalue weighted by Gasteiger charge is 1.97. The van der Waals surface area contributed by atoms with Gasteiger partial charge in [-0.15, -0.1) is 0 Å². The monoisotopic (exact) mass is 252 g/mol. The van der Waals surface area contributed by atoms with Crippen LogP contribution in [0.2, 0.25) is 0 Å². The van der Waals surface area contributed by atoms with Crippen LogP contribution in [0.25, 0.3) is 0 Å². The molecular weight excluding hydrogens is 232 g/mol. The lowest BCUT2D eigenvalue weighted by molar-refractivity contribution is -0.138. The van der Waals surface area contributed by atoms with E-state index in [2.05, 4.69) is 0 Å². The summed E-state index contributed by atoms with van der Waals surface area (Å²) in [4.78, 5) is 10.1. The molecule has 0 aliphatic rings. The van der Waals surface area contributed by atoms with Crippen LogP contribution in [0.3, 0.4) is 0 Å². The summed E-state index contributed by atoms with van der Waals surface area (Å²) in [6, 6.07) is 0. The van der Waals surface area contributed by atoms with E-state index < -0.39 is 12.3 Å². The maximum absolute atomic E-state index is 10.1. The first-order valence-corrected chi connectivity index (χ1v) is 5.44. The fourth-order valence-electron chi connectivity index (χ4n) is 0.890. The van der Waals surface area contributed by atoms with E-state index in [4.69, 9.17) is 29.5 Å². The number of aliphatic hydroxyl groups is 2. The average Bonchev–Trinajstić information content (AvgIpc) is 2.25. The SMILES string of the molecule is O=C(O)CCOCCOCCOCCC(O)O. The third-order valence-electron chi connectivity index (χ3n) is 1.72. The van der Waals surface area contributed by atoms with E-state index in [9.17, 15) is 4.79 Å². The number of rotatable bonds is 12. The van der Waals surface area contributed by atoms with Crippen LogP contribution in [0, 0.1) is 0 Å². The molecule has 0 aliphatic carbocycles. The predicted octanol–water partition coefficient (Wildman–Crippen LogP) is -0.788. The highest BCUT2D eigenvalue weighted by Crippen LogP contribution is 1.88. The first kappa shape index (κ1) is 16.3. The third-order valence-corrected chi connectivity index (χ3v) is 1.72. The van der Waals surface area contributed by atoms with Gasteiger partial charge in [0.1, 0.15) is 0 Å². The Bertz CT molecular complexity index is 183. The van der Waals surface area contributed by atoms with Crippen LogP contribution in [-0.4, -0.2) is 67.2 Å². The van der Waals surface area contributed by atoms with Gasteiger partial charge in [0, 0.05) is 6.42 Å². The molecule has 0 fully saturated rings. The molecule has 7 nitrogen and oxygen atoms in total. The van der Waals surface area contributed by atoms with E-state index >= 15 is 0 Å². The Balaban J connectivity index is 2.96. The van der Waals surface area contributed by atoms with E-state index in [-0.39, 0.29) is 26.1 Å². The van der Waals surface area contributed by atoms with Gasteiger partial charge < -0.3 is 29.5 Å². The summed E-state index contributed by atoms with van der Waals surface area (Å²) in [5, 5.41) is 25.3. The number of hydrogen-bond donors (Lipinski definition) is 3. The fraction of sp³-hybridized carbons (Fsp3) is 0.900. The van der Waals surface area contributed by atoms with Gasteiger partial charge in [0.05, 0.1) is 46.1 Å². The average molecular weight is 252 g/mol. The van der Waals surface area contributed by atoms with E-state index in [0.29, 0.717) is 26.4 Å². The van der Waals surface area contributed by atoms with Crippen molar-refractivity contribution in [3.63, 3.8) is 0 Å². The van der Waals surface area contributed by atoms with E-state index in [0.717, 1.165) is 0 Å². The Labute approximate surface area is 99.9 Å². The molecule has 0 saturated heterocycles. The summed E-state index contributed by atoms with van der Waals surface area (Å²) in [7, 11) is 0. The lowest BCUT2D eigenvalue weighted by Gasteiger charge is -2.06. The zero-order valence-corrected chi connectivity index (χ0v) is 9.71. The normalized spacial score (nSPS) is 11.0. The summed E-state index contributed by atoms with van der Waals surface area (Å²) in [6.45, 7) is 1.96. The fourth-order valence-corrected chi connectivity index (χ4v) is 0.890. The molecule has 0 aromatic heterocycles. The van der Waals surface area contributed by atoms with Crippen molar-refractivity contribution in [2.75, 3.05) is 39.6 Å². The highest BCUT2D eigenvalue weighted by molar-refractivity contribution is 5.66. The van der Waals surface area contributed by atoms with Gasteiger partial charge in [0.15, 0.2) is 6.29 Å².